The van der Waals surface area contributed by atoms with Crippen molar-refractivity contribution in [2.75, 3.05) is 11.9 Å². The van der Waals surface area contributed by atoms with Crippen LogP contribution >= 0.6 is 0 Å². The van der Waals surface area contributed by atoms with Gasteiger partial charge in [0, 0.05) is 18.1 Å². The standard InChI is InChI=1S/C33H34N6O5S/c1-22-19-26(24-11-4-3-5-12-24)20-23(2)30(22)45(43,44)39-33(32(41)42,16-7-9-18-35-28-15-6-8-17-34-28)37-31(40)27-14-10-13-25-21-36-38-29(25)27/h3-6,8,10-15,17,19-21,39H,7,9,16,18H2,1-2H3,(H,34,35)(H,36,38)(H,37,40)(H,41,42). The Morgan fingerprint density at radius 2 is 1.64 bits per heavy atom. The van der Waals surface area contributed by atoms with Crippen molar-refractivity contribution in [3.05, 3.63) is 108 Å². The average molecular weight is 627 g/mol. The molecule has 232 valence electrons. The molecule has 0 aliphatic heterocycles. The van der Waals surface area contributed by atoms with Crippen molar-refractivity contribution in [1.82, 2.24) is 25.2 Å². The van der Waals surface area contributed by atoms with E-state index in [0.29, 0.717) is 40.8 Å². The van der Waals surface area contributed by atoms with E-state index >= 15 is 0 Å². The van der Waals surface area contributed by atoms with Gasteiger partial charge < -0.3 is 15.7 Å². The summed E-state index contributed by atoms with van der Waals surface area (Å²) in [5.41, 5.74) is 0.796. The number of anilines is 1. The fourth-order valence-corrected chi connectivity index (χ4v) is 7.18. The van der Waals surface area contributed by atoms with Crippen molar-refractivity contribution < 1.29 is 23.1 Å². The number of carboxylic acid groups (broad SMARTS) is 1. The van der Waals surface area contributed by atoms with Gasteiger partial charge in [0.15, 0.2) is 0 Å². The lowest BCUT2D eigenvalue weighted by atomic mass is 10.0. The number of hydrogen-bond acceptors (Lipinski definition) is 7. The lowest BCUT2D eigenvalue weighted by molar-refractivity contribution is -0.145. The van der Waals surface area contributed by atoms with Crippen LogP contribution in [-0.2, 0) is 14.8 Å². The Morgan fingerprint density at radius 3 is 2.33 bits per heavy atom. The SMILES string of the molecule is Cc1cc(-c2ccccc2)cc(C)c1S(=O)(=O)NC(CCCCNc1ccccn1)(NC(=O)c1cccc2cn[nH]c12)C(=O)O. The zero-order valence-electron chi connectivity index (χ0n) is 24.9. The molecule has 2 heterocycles. The number of rotatable bonds is 13. The first kappa shape index (κ1) is 31.4. The van der Waals surface area contributed by atoms with Gasteiger partial charge in [-0.1, -0.05) is 60.7 Å². The largest absolute Gasteiger partial charge is 0.478 e. The van der Waals surface area contributed by atoms with Crippen LogP contribution in [0.25, 0.3) is 22.0 Å². The topological polar surface area (TPSA) is 166 Å². The fraction of sp³-hybridized carbons (Fsp3) is 0.212. The molecule has 45 heavy (non-hydrogen) atoms. The van der Waals surface area contributed by atoms with E-state index in [9.17, 15) is 23.1 Å². The molecule has 0 fully saturated rings. The van der Waals surface area contributed by atoms with Crippen molar-refractivity contribution in [1.29, 1.82) is 0 Å². The van der Waals surface area contributed by atoms with E-state index in [0.717, 1.165) is 11.1 Å². The summed E-state index contributed by atoms with van der Waals surface area (Å²) in [5.74, 6) is -1.65. The van der Waals surface area contributed by atoms with Crippen LogP contribution in [0.5, 0.6) is 0 Å². The molecule has 3 aromatic carbocycles. The minimum absolute atomic E-state index is 0.0467. The van der Waals surface area contributed by atoms with Crippen LogP contribution in [-0.4, -0.2) is 52.8 Å². The third-order valence-corrected chi connectivity index (χ3v) is 9.31. The van der Waals surface area contributed by atoms with Gasteiger partial charge in [-0.2, -0.15) is 9.82 Å². The number of carbonyl (C=O) groups is 2. The summed E-state index contributed by atoms with van der Waals surface area (Å²) in [7, 11) is -4.46. The van der Waals surface area contributed by atoms with Crippen LogP contribution in [0.2, 0.25) is 0 Å². The number of nitrogens with one attached hydrogen (secondary N) is 4. The fourth-order valence-electron chi connectivity index (χ4n) is 5.41. The summed E-state index contributed by atoms with van der Waals surface area (Å²) in [5, 5.41) is 23.6. The highest BCUT2D eigenvalue weighted by Crippen LogP contribution is 2.29. The number of aliphatic carboxylic acids is 1. The second-order valence-corrected chi connectivity index (χ2v) is 12.4. The average Bonchev–Trinajstić information content (AvgIpc) is 3.50. The number of pyridine rings is 1. The van der Waals surface area contributed by atoms with Crippen molar-refractivity contribution in [3.63, 3.8) is 0 Å². The van der Waals surface area contributed by atoms with Gasteiger partial charge in [0.2, 0.25) is 15.7 Å². The molecule has 1 amide bonds. The van der Waals surface area contributed by atoms with E-state index in [-0.39, 0.29) is 23.3 Å². The smallest absolute Gasteiger partial charge is 0.345 e. The number of unbranched alkanes of at least 4 members (excludes halogenated alkanes) is 1. The minimum Gasteiger partial charge on any atom is -0.478 e. The summed E-state index contributed by atoms with van der Waals surface area (Å²) < 4.78 is 30.5. The molecule has 1 atom stereocenters. The molecule has 1 unspecified atom stereocenters. The molecule has 12 heteroatoms. The van der Waals surface area contributed by atoms with E-state index in [2.05, 4.69) is 30.5 Å². The maximum atomic E-state index is 14.0. The van der Waals surface area contributed by atoms with Gasteiger partial charge in [0.1, 0.15) is 5.82 Å². The van der Waals surface area contributed by atoms with Gasteiger partial charge in [0.25, 0.3) is 5.91 Å². The van der Waals surface area contributed by atoms with E-state index in [1.807, 2.05) is 36.4 Å². The Hall–Kier alpha value is -5.07. The van der Waals surface area contributed by atoms with Gasteiger partial charge in [0.05, 0.1) is 22.2 Å². The Kier molecular flexibility index (Phi) is 9.26. The quantitative estimate of drug-likeness (QED) is 0.0898. The molecule has 0 saturated heterocycles. The summed E-state index contributed by atoms with van der Waals surface area (Å²) in [6, 6.07) is 23.4. The number of nitrogens with zero attached hydrogens (tertiary/aromatic N) is 2. The molecule has 11 nitrogen and oxygen atoms in total. The monoisotopic (exact) mass is 626 g/mol. The molecule has 5 N–H and O–H groups in total. The normalized spacial score (nSPS) is 12.8. The second-order valence-electron chi connectivity index (χ2n) is 10.8. The number of carboxylic acids is 1. The number of hydrogen-bond donors (Lipinski definition) is 5. The molecule has 0 bridgehead atoms. The Morgan fingerprint density at radius 1 is 0.911 bits per heavy atom. The zero-order chi connectivity index (χ0) is 32.0. The number of sulfonamides is 1. The van der Waals surface area contributed by atoms with E-state index in [4.69, 9.17) is 0 Å². The van der Waals surface area contributed by atoms with Crippen LogP contribution in [0.1, 0.15) is 40.7 Å². The van der Waals surface area contributed by atoms with Crippen LogP contribution in [0.4, 0.5) is 5.82 Å². The third kappa shape index (κ3) is 7.03. The lowest BCUT2D eigenvalue weighted by Gasteiger charge is -2.32. The van der Waals surface area contributed by atoms with Crippen molar-refractivity contribution >= 4 is 38.6 Å². The molecule has 0 aliphatic carbocycles. The third-order valence-electron chi connectivity index (χ3n) is 7.51. The van der Waals surface area contributed by atoms with E-state index in [1.165, 1.54) is 6.07 Å². The van der Waals surface area contributed by atoms with Gasteiger partial charge in [-0.05, 0) is 73.6 Å². The zero-order valence-corrected chi connectivity index (χ0v) is 25.7. The molecular weight excluding hydrogens is 592 g/mol. The molecule has 2 aromatic heterocycles. The molecule has 0 spiro atoms. The Balaban J connectivity index is 1.46. The van der Waals surface area contributed by atoms with Crippen LogP contribution < -0.4 is 15.4 Å². The number of aromatic nitrogens is 3. The highest BCUT2D eigenvalue weighted by atomic mass is 32.2. The Labute approximate surface area is 261 Å². The summed E-state index contributed by atoms with van der Waals surface area (Å²) >= 11 is 0. The van der Waals surface area contributed by atoms with E-state index < -0.39 is 27.6 Å². The van der Waals surface area contributed by atoms with Crippen LogP contribution in [0, 0.1) is 13.8 Å². The van der Waals surface area contributed by atoms with E-state index in [1.54, 1.807) is 62.6 Å². The molecule has 0 aliphatic rings. The first-order chi connectivity index (χ1) is 21.6. The first-order valence-corrected chi connectivity index (χ1v) is 15.9. The predicted molar refractivity (Wildman–Crippen MR) is 172 cm³/mol. The number of aromatic amines is 1. The van der Waals surface area contributed by atoms with Crippen LogP contribution in [0.3, 0.4) is 0 Å². The number of aryl methyl sites for hydroxylation is 2. The minimum atomic E-state index is -4.46. The Bertz CT molecular complexity index is 1910. The molecule has 5 aromatic rings. The van der Waals surface area contributed by atoms with Crippen molar-refractivity contribution in [2.24, 2.45) is 0 Å². The number of fused-ring (bicyclic) bond motifs is 1. The summed E-state index contributed by atoms with van der Waals surface area (Å²) in [6.45, 7) is 3.79. The molecule has 0 radical (unpaired) electrons. The number of carbonyl (C=O) groups excluding carboxylic acids is 1. The van der Waals surface area contributed by atoms with Gasteiger partial charge in [-0.3, -0.25) is 9.89 Å². The van der Waals surface area contributed by atoms with Gasteiger partial charge in [-0.15, -0.1) is 0 Å². The maximum Gasteiger partial charge on any atom is 0.345 e. The maximum absolute atomic E-state index is 14.0. The first-order valence-electron chi connectivity index (χ1n) is 14.4. The highest BCUT2D eigenvalue weighted by Gasteiger charge is 2.44. The number of amides is 1. The number of para-hydroxylation sites is 1. The van der Waals surface area contributed by atoms with Crippen LogP contribution in [0.15, 0.2) is 96.2 Å². The summed E-state index contributed by atoms with van der Waals surface area (Å²) in [6.07, 6.45) is 3.70. The molecule has 0 saturated carbocycles. The number of H-pyrrole nitrogens is 1. The number of benzene rings is 3. The van der Waals surface area contributed by atoms with Gasteiger partial charge >= 0.3 is 5.97 Å². The predicted octanol–water partition coefficient (Wildman–Crippen LogP) is 5.01. The van der Waals surface area contributed by atoms with Crippen molar-refractivity contribution in [3.8, 4) is 11.1 Å². The molecular formula is C33H34N6O5S. The second kappa shape index (κ2) is 13.3. The lowest BCUT2D eigenvalue weighted by Crippen LogP contribution is -2.65. The highest BCUT2D eigenvalue weighted by molar-refractivity contribution is 7.89. The molecule has 5 rings (SSSR count). The summed E-state index contributed by atoms with van der Waals surface area (Å²) in [4.78, 5) is 30.8. The van der Waals surface area contributed by atoms with Crippen molar-refractivity contribution in [2.45, 2.75) is 43.7 Å². The van der Waals surface area contributed by atoms with Gasteiger partial charge in [-0.25, -0.2) is 18.2 Å².